The molecule has 1 saturated heterocycles. The van der Waals surface area contributed by atoms with Gasteiger partial charge < -0.3 is 34.4 Å². The normalized spacial score (nSPS) is 28.1. The fourth-order valence-corrected chi connectivity index (χ4v) is 3.82. The molecule has 3 unspecified atom stereocenters. The quantitative estimate of drug-likeness (QED) is 0.242. The Morgan fingerprint density at radius 2 is 1.85 bits per heavy atom. The molecule has 0 saturated carbocycles. The summed E-state index contributed by atoms with van der Waals surface area (Å²) in [5.74, 6) is -0.297. The second-order valence-corrected chi connectivity index (χ2v) is 8.08. The first-order valence-corrected chi connectivity index (χ1v) is 10.0. The fourth-order valence-electron chi connectivity index (χ4n) is 2.22. The van der Waals surface area contributed by atoms with Crippen LogP contribution in [0, 0.1) is 0 Å². The minimum absolute atomic E-state index is 0.297. The van der Waals surface area contributed by atoms with Gasteiger partial charge in [0.05, 0.1) is 19.9 Å². The standard InChI is InChI=1S/C10H16N2O13P2/c1-22-4-2-12(10(16)11-8(4)15)9-7(14)6(13)5(24-9)3-23-27(20,21)25-26(17,18)19/h2,5-7,9,13-14H,3H2,1H3,(H,20,21)(H,11,15,16)(H2,17,18,19)/t5-,6?,7?,9-/m0/s1. The van der Waals surface area contributed by atoms with Gasteiger partial charge in [0.15, 0.2) is 6.23 Å². The summed E-state index contributed by atoms with van der Waals surface area (Å²) in [5.41, 5.74) is -1.85. The molecule has 0 radical (unpaired) electrons. The van der Waals surface area contributed by atoms with Crippen LogP contribution in [0.2, 0.25) is 0 Å². The number of phosphoric acid groups is 2. The molecule has 6 N–H and O–H groups in total. The lowest BCUT2D eigenvalue weighted by molar-refractivity contribution is -0.0544. The number of methoxy groups -OCH3 is 1. The monoisotopic (exact) mass is 434 g/mol. The predicted molar refractivity (Wildman–Crippen MR) is 82.7 cm³/mol. The number of nitrogens with zero attached hydrogens (tertiary/aromatic N) is 1. The van der Waals surface area contributed by atoms with Gasteiger partial charge in [-0.3, -0.25) is 18.9 Å². The molecule has 0 aromatic carbocycles. The molecule has 0 bridgehead atoms. The SMILES string of the molecule is COc1cn([C@H]2O[C@@H](COP(=O)(O)OP(=O)(O)O)C(O)C2O)c(=O)[nH]c1=O. The summed E-state index contributed by atoms with van der Waals surface area (Å²) in [6.07, 6.45) is -5.57. The number of aromatic amines is 1. The summed E-state index contributed by atoms with van der Waals surface area (Å²) in [4.78, 5) is 51.5. The molecule has 15 nitrogen and oxygen atoms in total. The molecule has 1 fully saturated rings. The van der Waals surface area contributed by atoms with Gasteiger partial charge in [-0.1, -0.05) is 0 Å². The summed E-state index contributed by atoms with van der Waals surface area (Å²) < 4.78 is 40.5. The van der Waals surface area contributed by atoms with E-state index in [1.165, 1.54) is 0 Å². The number of ether oxygens (including phenoxy) is 2. The van der Waals surface area contributed by atoms with E-state index in [4.69, 9.17) is 19.3 Å². The van der Waals surface area contributed by atoms with Crippen molar-refractivity contribution in [1.82, 2.24) is 9.55 Å². The van der Waals surface area contributed by atoms with Gasteiger partial charge in [-0.05, 0) is 0 Å². The van der Waals surface area contributed by atoms with Gasteiger partial charge in [0.2, 0.25) is 5.75 Å². The fraction of sp³-hybridized carbons (Fsp3) is 0.600. The van der Waals surface area contributed by atoms with Crippen molar-refractivity contribution >= 4 is 15.6 Å². The van der Waals surface area contributed by atoms with E-state index < -0.39 is 58.0 Å². The number of H-pyrrole nitrogens is 1. The van der Waals surface area contributed by atoms with Gasteiger partial charge in [-0.2, -0.15) is 4.31 Å². The van der Waals surface area contributed by atoms with Gasteiger partial charge in [-0.15, -0.1) is 0 Å². The highest BCUT2D eigenvalue weighted by atomic mass is 31.3. The average molecular weight is 434 g/mol. The molecule has 1 aliphatic heterocycles. The largest absolute Gasteiger partial charge is 0.490 e. The third-order valence-corrected chi connectivity index (χ3v) is 5.53. The minimum atomic E-state index is -5.34. The summed E-state index contributed by atoms with van der Waals surface area (Å²) in [6, 6.07) is 0. The summed E-state index contributed by atoms with van der Waals surface area (Å²) >= 11 is 0. The molecule has 1 aliphatic rings. The molecule has 1 aromatic rings. The van der Waals surface area contributed by atoms with E-state index in [0.29, 0.717) is 4.57 Å². The Kier molecular flexibility index (Phi) is 6.44. The number of rotatable bonds is 7. The van der Waals surface area contributed by atoms with E-state index in [-0.39, 0.29) is 5.75 Å². The Bertz CT molecular complexity index is 890. The van der Waals surface area contributed by atoms with Gasteiger partial charge in [0.1, 0.15) is 18.3 Å². The van der Waals surface area contributed by atoms with Gasteiger partial charge in [0, 0.05) is 0 Å². The van der Waals surface area contributed by atoms with Crippen molar-refractivity contribution in [2.45, 2.75) is 24.5 Å². The molecule has 0 amide bonds. The molecule has 0 aliphatic carbocycles. The first kappa shape index (κ1) is 21.9. The van der Waals surface area contributed by atoms with Crippen molar-refractivity contribution in [2.75, 3.05) is 13.7 Å². The van der Waals surface area contributed by atoms with Crippen LogP contribution in [-0.4, -0.2) is 66.5 Å². The van der Waals surface area contributed by atoms with E-state index in [1.807, 2.05) is 4.98 Å². The van der Waals surface area contributed by atoms with Gasteiger partial charge in [-0.25, -0.2) is 13.9 Å². The Morgan fingerprint density at radius 3 is 2.41 bits per heavy atom. The first-order chi connectivity index (χ1) is 12.3. The molecule has 2 rings (SSSR count). The van der Waals surface area contributed by atoms with E-state index in [1.54, 1.807) is 0 Å². The summed E-state index contributed by atoms with van der Waals surface area (Å²) in [7, 11) is -9.40. The molecule has 2 heterocycles. The molecule has 154 valence electrons. The lowest BCUT2D eigenvalue weighted by atomic mass is 10.1. The van der Waals surface area contributed by atoms with Gasteiger partial charge in [0.25, 0.3) is 5.56 Å². The number of phosphoric ester groups is 1. The molecular weight excluding hydrogens is 418 g/mol. The molecular formula is C10H16N2O13P2. The van der Waals surface area contributed by atoms with Crippen LogP contribution in [0.25, 0.3) is 0 Å². The average Bonchev–Trinajstić information content (AvgIpc) is 2.79. The van der Waals surface area contributed by atoms with E-state index in [2.05, 4.69) is 8.83 Å². The first-order valence-electron chi connectivity index (χ1n) is 7.00. The Morgan fingerprint density at radius 1 is 1.22 bits per heavy atom. The Balaban J connectivity index is 2.17. The lowest BCUT2D eigenvalue weighted by Crippen LogP contribution is -2.38. The third-order valence-electron chi connectivity index (χ3n) is 3.38. The maximum atomic E-state index is 11.9. The Labute approximate surface area is 149 Å². The van der Waals surface area contributed by atoms with Crippen LogP contribution in [0.15, 0.2) is 15.8 Å². The van der Waals surface area contributed by atoms with Crippen LogP contribution < -0.4 is 16.0 Å². The van der Waals surface area contributed by atoms with Crippen LogP contribution in [0.3, 0.4) is 0 Å². The number of aromatic nitrogens is 2. The number of hydrogen-bond acceptors (Lipinski definition) is 10. The van der Waals surface area contributed by atoms with Crippen LogP contribution in [-0.2, 0) is 22.7 Å². The number of aliphatic hydroxyl groups is 2. The third kappa shape index (κ3) is 5.33. The van der Waals surface area contributed by atoms with Crippen molar-refractivity contribution in [1.29, 1.82) is 0 Å². The van der Waals surface area contributed by atoms with Crippen molar-refractivity contribution in [3.8, 4) is 5.75 Å². The smallest absolute Gasteiger partial charge is 0.481 e. The van der Waals surface area contributed by atoms with Gasteiger partial charge >= 0.3 is 21.3 Å². The molecule has 0 spiro atoms. The topological polar surface area (TPSA) is 227 Å². The molecule has 1 aromatic heterocycles. The lowest BCUT2D eigenvalue weighted by Gasteiger charge is -2.18. The second-order valence-electron chi connectivity index (χ2n) is 5.25. The second kappa shape index (κ2) is 7.93. The number of aliphatic hydroxyl groups excluding tert-OH is 2. The highest BCUT2D eigenvalue weighted by Gasteiger charge is 2.46. The maximum absolute atomic E-state index is 11.9. The van der Waals surface area contributed by atoms with Crippen molar-refractivity contribution < 1.29 is 52.3 Å². The van der Waals surface area contributed by atoms with E-state index >= 15 is 0 Å². The van der Waals surface area contributed by atoms with E-state index in [0.717, 1.165) is 13.3 Å². The summed E-state index contributed by atoms with van der Waals surface area (Å²) in [5, 5.41) is 20.0. The van der Waals surface area contributed by atoms with Crippen LogP contribution in [0.5, 0.6) is 5.75 Å². The molecule has 27 heavy (non-hydrogen) atoms. The van der Waals surface area contributed by atoms with Crippen molar-refractivity contribution in [2.24, 2.45) is 0 Å². The predicted octanol–water partition coefficient (Wildman–Crippen LogP) is -2.61. The zero-order valence-corrected chi connectivity index (χ0v) is 15.2. The van der Waals surface area contributed by atoms with Crippen LogP contribution in [0.4, 0.5) is 0 Å². The summed E-state index contributed by atoms with van der Waals surface area (Å²) in [6.45, 7) is -0.933. The Hall–Kier alpha value is -1.38. The minimum Gasteiger partial charge on any atom is -0.490 e. The van der Waals surface area contributed by atoms with Crippen molar-refractivity contribution in [3.63, 3.8) is 0 Å². The molecule has 17 heteroatoms. The van der Waals surface area contributed by atoms with Crippen molar-refractivity contribution in [3.05, 3.63) is 27.0 Å². The zero-order chi connectivity index (χ0) is 20.6. The highest BCUT2D eigenvalue weighted by Crippen LogP contribution is 2.57. The number of nitrogens with one attached hydrogen (secondary N) is 1. The maximum Gasteiger partial charge on any atom is 0.481 e. The highest BCUT2D eigenvalue weighted by molar-refractivity contribution is 7.60. The zero-order valence-electron chi connectivity index (χ0n) is 13.4. The molecule has 5 atom stereocenters. The van der Waals surface area contributed by atoms with Crippen LogP contribution >= 0.6 is 15.6 Å². The number of hydrogen-bond donors (Lipinski definition) is 6. The van der Waals surface area contributed by atoms with E-state index in [9.17, 15) is 33.8 Å². The van der Waals surface area contributed by atoms with Crippen LogP contribution in [0.1, 0.15) is 6.23 Å².